The van der Waals surface area contributed by atoms with Crippen molar-refractivity contribution in [3.63, 3.8) is 0 Å². The Bertz CT molecular complexity index is 459. The highest BCUT2D eigenvalue weighted by Gasteiger charge is 2.03. The van der Waals surface area contributed by atoms with Crippen LogP contribution in [0, 0.1) is 0 Å². The van der Waals surface area contributed by atoms with E-state index in [1.807, 2.05) is 17.1 Å². The van der Waals surface area contributed by atoms with Crippen LogP contribution < -0.4 is 0 Å². The van der Waals surface area contributed by atoms with Crippen LogP contribution in [-0.2, 0) is 0 Å². The molecule has 84 valence electrons. The molecule has 1 heterocycles. The number of hydrogen-bond donors (Lipinski definition) is 1. The van der Waals surface area contributed by atoms with Gasteiger partial charge in [0.1, 0.15) is 10.0 Å². The first-order valence-corrected chi connectivity index (χ1v) is 7.27. The number of benzene rings is 1. The molecule has 0 saturated heterocycles. The molecule has 1 aromatic carbocycles. The zero-order valence-corrected chi connectivity index (χ0v) is 11.7. The standard InChI is InChI=1S/C12H13NS3/c1-8(2)16-10-5-3-9(4-6-10)12-13-11(14)7-15-12/h3-8,14H,1-2H3. The van der Waals surface area contributed by atoms with E-state index >= 15 is 0 Å². The maximum Gasteiger partial charge on any atom is 0.124 e. The number of aromatic nitrogens is 1. The van der Waals surface area contributed by atoms with Crippen molar-refractivity contribution in [2.24, 2.45) is 0 Å². The van der Waals surface area contributed by atoms with Crippen LogP contribution in [0.3, 0.4) is 0 Å². The van der Waals surface area contributed by atoms with E-state index in [9.17, 15) is 0 Å². The summed E-state index contributed by atoms with van der Waals surface area (Å²) >= 11 is 7.72. The quantitative estimate of drug-likeness (QED) is 0.645. The first-order chi connectivity index (χ1) is 7.65. The van der Waals surface area contributed by atoms with Gasteiger partial charge in [0, 0.05) is 21.1 Å². The van der Waals surface area contributed by atoms with Crippen molar-refractivity contribution < 1.29 is 0 Å². The van der Waals surface area contributed by atoms with Gasteiger partial charge in [-0.25, -0.2) is 4.98 Å². The van der Waals surface area contributed by atoms with Crippen molar-refractivity contribution in [3.05, 3.63) is 29.6 Å². The summed E-state index contributed by atoms with van der Waals surface area (Å²) in [5.41, 5.74) is 1.17. The third kappa shape index (κ3) is 3.03. The zero-order chi connectivity index (χ0) is 11.5. The van der Waals surface area contributed by atoms with Gasteiger partial charge in [-0.05, 0) is 12.1 Å². The van der Waals surface area contributed by atoms with Crippen LogP contribution >= 0.6 is 35.7 Å². The third-order valence-corrected chi connectivity index (χ3v) is 4.28. The number of hydrogen-bond acceptors (Lipinski definition) is 4. The Morgan fingerprint density at radius 3 is 2.44 bits per heavy atom. The molecule has 1 nitrogen and oxygen atoms in total. The average Bonchev–Trinajstić information content (AvgIpc) is 2.65. The Morgan fingerprint density at radius 1 is 1.25 bits per heavy atom. The van der Waals surface area contributed by atoms with Gasteiger partial charge in [-0.15, -0.1) is 35.7 Å². The highest BCUT2D eigenvalue weighted by atomic mass is 32.2. The lowest BCUT2D eigenvalue weighted by molar-refractivity contribution is 1.11. The lowest BCUT2D eigenvalue weighted by Gasteiger charge is -2.04. The third-order valence-electron chi connectivity index (χ3n) is 1.97. The van der Waals surface area contributed by atoms with Gasteiger partial charge in [-0.1, -0.05) is 26.0 Å². The fourth-order valence-electron chi connectivity index (χ4n) is 1.35. The van der Waals surface area contributed by atoms with E-state index in [1.165, 1.54) is 10.5 Å². The molecule has 0 unspecified atom stereocenters. The molecule has 0 N–H and O–H groups in total. The first-order valence-electron chi connectivity index (χ1n) is 5.07. The maximum absolute atomic E-state index is 4.35. The van der Waals surface area contributed by atoms with Crippen LogP contribution in [0.2, 0.25) is 0 Å². The van der Waals surface area contributed by atoms with Crippen molar-refractivity contribution in [3.8, 4) is 10.6 Å². The summed E-state index contributed by atoms with van der Waals surface area (Å²) in [5, 5.41) is 4.40. The van der Waals surface area contributed by atoms with Gasteiger partial charge in [0.2, 0.25) is 0 Å². The molecule has 1 aromatic heterocycles. The van der Waals surface area contributed by atoms with Gasteiger partial charge in [0.05, 0.1) is 0 Å². The fourth-order valence-corrected chi connectivity index (χ4v) is 3.20. The molecule has 0 spiro atoms. The smallest absolute Gasteiger partial charge is 0.124 e. The summed E-state index contributed by atoms with van der Waals surface area (Å²) in [4.78, 5) is 5.65. The molecule has 4 heteroatoms. The largest absolute Gasteiger partial charge is 0.230 e. The minimum atomic E-state index is 0.620. The van der Waals surface area contributed by atoms with E-state index in [-0.39, 0.29) is 0 Å². The minimum Gasteiger partial charge on any atom is -0.230 e. The lowest BCUT2D eigenvalue weighted by Crippen LogP contribution is -1.85. The Hall–Kier alpha value is -0.450. The summed E-state index contributed by atoms with van der Waals surface area (Å²) in [7, 11) is 0. The lowest BCUT2D eigenvalue weighted by atomic mass is 10.2. The monoisotopic (exact) mass is 267 g/mol. The summed E-state index contributed by atoms with van der Waals surface area (Å²) in [6, 6.07) is 8.55. The highest BCUT2D eigenvalue weighted by molar-refractivity contribution is 7.99. The van der Waals surface area contributed by atoms with Crippen LogP contribution in [0.5, 0.6) is 0 Å². The Balaban J connectivity index is 2.19. The van der Waals surface area contributed by atoms with E-state index in [0.717, 1.165) is 10.0 Å². The van der Waals surface area contributed by atoms with Gasteiger partial charge in [-0.2, -0.15) is 0 Å². The van der Waals surface area contributed by atoms with Crippen molar-refractivity contribution >= 4 is 35.7 Å². The van der Waals surface area contributed by atoms with E-state index in [4.69, 9.17) is 0 Å². The second kappa shape index (κ2) is 5.25. The summed E-state index contributed by atoms with van der Waals surface area (Å²) in [5.74, 6) is 0. The number of thiazole rings is 1. The second-order valence-corrected chi connectivity index (χ2v) is 6.67. The van der Waals surface area contributed by atoms with E-state index in [2.05, 4.69) is 55.7 Å². The molecular formula is C12H13NS3. The summed E-state index contributed by atoms with van der Waals surface area (Å²) < 4.78 is 0. The van der Waals surface area contributed by atoms with E-state index in [0.29, 0.717) is 5.25 Å². The molecule has 0 bridgehead atoms. The molecular weight excluding hydrogens is 254 g/mol. The SMILES string of the molecule is CC(C)Sc1ccc(-c2nc(S)cs2)cc1. The van der Waals surface area contributed by atoms with Crippen molar-refractivity contribution in [2.75, 3.05) is 0 Å². The molecule has 0 aliphatic carbocycles. The van der Waals surface area contributed by atoms with Crippen molar-refractivity contribution in [1.82, 2.24) is 4.98 Å². The maximum atomic E-state index is 4.35. The Morgan fingerprint density at radius 2 is 1.94 bits per heavy atom. The van der Waals surface area contributed by atoms with Gasteiger partial charge >= 0.3 is 0 Å². The normalized spacial score (nSPS) is 11.0. The van der Waals surface area contributed by atoms with Gasteiger partial charge < -0.3 is 0 Å². The summed E-state index contributed by atoms with van der Waals surface area (Å²) in [6.45, 7) is 4.40. The Labute approximate surface area is 110 Å². The van der Waals surface area contributed by atoms with Gasteiger partial charge in [-0.3, -0.25) is 0 Å². The number of rotatable bonds is 3. The molecule has 0 aliphatic heterocycles. The van der Waals surface area contributed by atoms with Crippen molar-refractivity contribution in [2.45, 2.75) is 29.0 Å². The molecule has 0 radical (unpaired) electrons. The van der Waals surface area contributed by atoms with Gasteiger partial charge in [0.25, 0.3) is 0 Å². The molecule has 0 saturated carbocycles. The Kier molecular flexibility index (Phi) is 3.95. The van der Waals surface area contributed by atoms with Crippen LogP contribution in [0.15, 0.2) is 39.6 Å². The first kappa shape index (κ1) is 12.0. The second-order valence-electron chi connectivity index (χ2n) is 3.70. The number of nitrogens with zero attached hydrogens (tertiary/aromatic N) is 1. The van der Waals surface area contributed by atoms with Gasteiger partial charge in [0.15, 0.2) is 0 Å². The topological polar surface area (TPSA) is 12.9 Å². The van der Waals surface area contributed by atoms with Crippen molar-refractivity contribution in [1.29, 1.82) is 0 Å². The number of thiol groups is 1. The zero-order valence-electron chi connectivity index (χ0n) is 9.18. The molecule has 0 atom stereocenters. The van der Waals surface area contributed by atoms with Crippen LogP contribution in [0.4, 0.5) is 0 Å². The summed E-state index contributed by atoms with van der Waals surface area (Å²) in [6.07, 6.45) is 0. The van der Waals surface area contributed by atoms with Crippen LogP contribution in [0.25, 0.3) is 10.6 Å². The van der Waals surface area contributed by atoms with Crippen LogP contribution in [-0.4, -0.2) is 10.2 Å². The molecule has 2 aromatic rings. The van der Waals surface area contributed by atoms with Crippen LogP contribution in [0.1, 0.15) is 13.8 Å². The predicted molar refractivity (Wildman–Crippen MR) is 75.8 cm³/mol. The highest BCUT2D eigenvalue weighted by Crippen LogP contribution is 2.28. The molecule has 2 rings (SSSR count). The molecule has 0 amide bonds. The minimum absolute atomic E-state index is 0.620. The fraction of sp³-hybridized carbons (Fsp3) is 0.250. The molecule has 0 aliphatic rings. The average molecular weight is 267 g/mol. The van der Waals surface area contributed by atoms with E-state index < -0.39 is 0 Å². The molecule has 16 heavy (non-hydrogen) atoms. The van der Waals surface area contributed by atoms with E-state index in [1.54, 1.807) is 11.3 Å². The predicted octanol–water partition coefficient (Wildman–Crippen LogP) is 4.60. The number of thioether (sulfide) groups is 1. The molecule has 0 fully saturated rings.